The molecule has 4 aliphatic carbocycles. The van der Waals surface area contributed by atoms with Crippen LogP contribution in [0.4, 0.5) is 0 Å². The molecule has 0 aromatic carbocycles. The standard InChI is InChI=1S/C19H32O/c1-18-10-3-5-14(18)13-7-8-16-17(20)6-4-11-19(16,2)15(13)9-12-18/h13-17,20H,3-12H2,1-2H3/t13-,14-,15-,16?,17?,18-,19+/m0/s1. The van der Waals surface area contributed by atoms with Crippen LogP contribution in [-0.4, -0.2) is 11.2 Å². The number of fused-ring (bicyclic) bond motifs is 5. The molecule has 0 aromatic rings. The Kier molecular flexibility index (Phi) is 3.05. The summed E-state index contributed by atoms with van der Waals surface area (Å²) < 4.78 is 0. The first-order valence-corrected chi connectivity index (χ1v) is 9.23. The quantitative estimate of drug-likeness (QED) is 0.675. The van der Waals surface area contributed by atoms with Gasteiger partial charge in [-0.2, -0.15) is 0 Å². The highest BCUT2D eigenvalue weighted by atomic mass is 16.3. The van der Waals surface area contributed by atoms with E-state index in [9.17, 15) is 5.11 Å². The van der Waals surface area contributed by atoms with Gasteiger partial charge in [-0.15, -0.1) is 0 Å². The van der Waals surface area contributed by atoms with Crippen LogP contribution >= 0.6 is 0 Å². The van der Waals surface area contributed by atoms with E-state index in [1.807, 2.05) is 0 Å². The molecule has 1 nitrogen and oxygen atoms in total. The molecular weight excluding hydrogens is 244 g/mol. The second kappa shape index (κ2) is 4.48. The predicted molar refractivity (Wildman–Crippen MR) is 82.4 cm³/mol. The molecule has 0 spiro atoms. The topological polar surface area (TPSA) is 20.2 Å². The minimum atomic E-state index is 0.00610. The molecule has 4 rings (SSSR count). The highest BCUT2D eigenvalue weighted by Crippen LogP contribution is 2.66. The Bertz CT molecular complexity index is 391. The predicted octanol–water partition coefficient (Wildman–Crippen LogP) is 4.78. The molecular formula is C19H32O. The van der Waals surface area contributed by atoms with Crippen LogP contribution < -0.4 is 0 Å². The van der Waals surface area contributed by atoms with Crippen molar-refractivity contribution < 1.29 is 5.11 Å². The van der Waals surface area contributed by atoms with E-state index < -0.39 is 0 Å². The summed E-state index contributed by atoms with van der Waals surface area (Å²) in [4.78, 5) is 0. The molecule has 0 heterocycles. The fourth-order valence-corrected chi connectivity index (χ4v) is 7.37. The zero-order valence-electron chi connectivity index (χ0n) is 13.4. The Hall–Kier alpha value is -0.0400. The first kappa shape index (κ1) is 13.6. The maximum atomic E-state index is 10.5. The van der Waals surface area contributed by atoms with Crippen LogP contribution in [0.25, 0.3) is 0 Å². The van der Waals surface area contributed by atoms with E-state index in [1.54, 1.807) is 0 Å². The minimum Gasteiger partial charge on any atom is -0.393 e. The average molecular weight is 276 g/mol. The first-order valence-electron chi connectivity index (χ1n) is 9.23. The molecule has 0 amide bonds. The van der Waals surface area contributed by atoms with Crippen LogP contribution in [0.2, 0.25) is 0 Å². The molecule has 0 saturated heterocycles. The summed E-state index contributed by atoms with van der Waals surface area (Å²) in [5, 5.41) is 10.5. The van der Waals surface area contributed by atoms with Crippen LogP contribution in [0.3, 0.4) is 0 Å². The van der Waals surface area contributed by atoms with E-state index in [0.29, 0.717) is 16.7 Å². The van der Waals surface area contributed by atoms with Gasteiger partial charge in [-0.1, -0.05) is 26.7 Å². The molecule has 1 heteroatoms. The van der Waals surface area contributed by atoms with Crippen molar-refractivity contribution in [3.63, 3.8) is 0 Å². The molecule has 0 bridgehead atoms. The monoisotopic (exact) mass is 276 g/mol. The number of hydrogen-bond acceptors (Lipinski definition) is 1. The van der Waals surface area contributed by atoms with Gasteiger partial charge in [0.05, 0.1) is 6.10 Å². The van der Waals surface area contributed by atoms with Gasteiger partial charge in [-0.25, -0.2) is 0 Å². The van der Waals surface area contributed by atoms with Crippen molar-refractivity contribution in [2.45, 2.75) is 84.2 Å². The molecule has 0 aromatic heterocycles. The summed E-state index contributed by atoms with van der Waals surface area (Å²) in [6.45, 7) is 5.14. The molecule has 0 aliphatic heterocycles. The van der Waals surface area contributed by atoms with Crippen molar-refractivity contribution in [1.29, 1.82) is 0 Å². The van der Waals surface area contributed by atoms with Gasteiger partial charge >= 0.3 is 0 Å². The van der Waals surface area contributed by atoms with Crippen molar-refractivity contribution in [3.8, 4) is 0 Å². The smallest absolute Gasteiger partial charge is 0.0573 e. The normalized spacial score (nSPS) is 58.6. The zero-order chi connectivity index (χ0) is 14.0. The molecule has 1 N–H and O–H groups in total. The fourth-order valence-electron chi connectivity index (χ4n) is 7.37. The second-order valence-corrected chi connectivity index (χ2v) is 9.11. The van der Waals surface area contributed by atoms with Gasteiger partial charge in [0.25, 0.3) is 0 Å². The summed E-state index contributed by atoms with van der Waals surface area (Å²) in [6.07, 6.45) is 13.9. The van der Waals surface area contributed by atoms with Crippen LogP contribution in [-0.2, 0) is 0 Å². The molecule has 20 heavy (non-hydrogen) atoms. The highest BCUT2D eigenvalue weighted by Gasteiger charge is 2.58. The Morgan fingerprint density at radius 1 is 0.750 bits per heavy atom. The fraction of sp³-hybridized carbons (Fsp3) is 1.00. The van der Waals surface area contributed by atoms with E-state index in [4.69, 9.17) is 0 Å². The third-order valence-electron chi connectivity index (χ3n) is 8.40. The van der Waals surface area contributed by atoms with Crippen molar-refractivity contribution >= 4 is 0 Å². The van der Waals surface area contributed by atoms with Crippen molar-refractivity contribution in [1.82, 2.24) is 0 Å². The lowest BCUT2D eigenvalue weighted by Gasteiger charge is -2.60. The van der Waals surface area contributed by atoms with Crippen molar-refractivity contribution in [2.75, 3.05) is 0 Å². The SMILES string of the molecule is C[C@@]12CCC[C@H]1[C@@H]1CCC3C(O)CCC[C@]3(C)[C@H]1CC2. The molecule has 4 saturated carbocycles. The molecule has 0 radical (unpaired) electrons. The summed E-state index contributed by atoms with van der Waals surface area (Å²) in [5.74, 6) is 3.54. The van der Waals surface area contributed by atoms with Gasteiger partial charge in [-0.05, 0) is 85.9 Å². The maximum absolute atomic E-state index is 10.5. The third kappa shape index (κ3) is 1.71. The highest BCUT2D eigenvalue weighted by molar-refractivity contribution is 5.07. The lowest BCUT2D eigenvalue weighted by atomic mass is 9.45. The maximum Gasteiger partial charge on any atom is 0.0573 e. The lowest BCUT2D eigenvalue weighted by molar-refractivity contribution is -0.139. The van der Waals surface area contributed by atoms with Crippen LogP contribution in [0.15, 0.2) is 0 Å². The van der Waals surface area contributed by atoms with Crippen LogP contribution in [0, 0.1) is 34.5 Å². The Morgan fingerprint density at radius 3 is 2.40 bits per heavy atom. The largest absolute Gasteiger partial charge is 0.393 e. The van der Waals surface area contributed by atoms with E-state index in [1.165, 1.54) is 57.8 Å². The zero-order valence-corrected chi connectivity index (χ0v) is 13.4. The molecule has 7 atom stereocenters. The first-order chi connectivity index (χ1) is 9.55. The minimum absolute atomic E-state index is 0.00610. The molecule has 4 aliphatic rings. The molecule has 2 unspecified atom stereocenters. The summed E-state index contributed by atoms with van der Waals surface area (Å²) in [5.41, 5.74) is 1.14. The van der Waals surface area contributed by atoms with Gasteiger partial charge in [0.2, 0.25) is 0 Å². The van der Waals surface area contributed by atoms with Crippen LogP contribution in [0.1, 0.15) is 78.1 Å². The van der Waals surface area contributed by atoms with Gasteiger partial charge in [0, 0.05) is 0 Å². The molecule has 114 valence electrons. The van der Waals surface area contributed by atoms with Gasteiger partial charge in [-0.3, -0.25) is 0 Å². The molecule has 4 fully saturated rings. The van der Waals surface area contributed by atoms with Crippen molar-refractivity contribution in [2.24, 2.45) is 34.5 Å². The average Bonchev–Trinajstić information content (AvgIpc) is 2.80. The van der Waals surface area contributed by atoms with E-state index in [0.717, 1.165) is 24.2 Å². The number of rotatable bonds is 0. The second-order valence-electron chi connectivity index (χ2n) is 9.11. The number of aliphatic hydroxyl groups is 1. The summed E-state index contributed by atoms with van der Waals surface area (Å²) in [7, 11) is 0. The Balaban J connectivity index is 1.65. The summed E-state index contributed by atoms with van der Waals surface area (Å²) in [6, 6.07) is 0. The number of aliphatic hydroxyl groups excluding tert-OH is 1. The van der Waals surface area contributed by atoms with Gasteiger partial charge < -0.3 is 5.11 Å². The van der Waals surface area contributed by atoms with E-state index >= 15 is 0 Å². The summed E-state index contributed by atoms with van der Waals surface area (Å²) >= 11 is 0. The lowest BCUT2D eigenvalue weighted by Crippen LogP contribution is -2.54. The van der Waals surface area contributed by atoms with Gasteiger partial charge in [0.1, 0.15) is 0 Å². The van der Waals surface area contributed by atoms with Crippen molar-refractivity contribution in [3.05, 3.63) is 0 Å². The van der Waals surface area contributed by atoms with Gasteiger partial charge in [0.15, 0.2) is 0 Å². The third-order valence-corrected chi connectivity index (χ3v) is 8.40. The van der Waals surface area contributed by atoms with E-state index in [2.05, 4.69) is 13.8 Å². The van der Waals surface area contributed by atoms with Crippen LogP contribution in [0.5, 0.6) is 0 Å². The Labute approximate surface area is 124 Å². The Morgan fingerprint density at radius 2 is 1.55 bits per heavy atom. The van der Waals surface area contributed by atoms with E-state index in [-0.39, 0.29) is 6.10 Å². The number of hydrogen-bond donors (Lipinski definition) is 1.